The molecule has 1 unspecified atom stereocenters. The molecule has 3 N–H and O–H groups in total. The molecule has 2 aromatic carbocycles. The topological polar surface area (TPSA) is 103 Å². The Bertz CT molecular complexity index is 1050. The van der Waals surface area contributed by atoms with Crippen LogP contribution in [-0.2, 0) is 6.42 Å². The van der Waals surface area contributed by atoms with Crippen molar-refractivity contribution >= 4 is 17.1 Å². The molecule has 0 amide bonds. The average Bonchev–Trinajstić information content (AvgIpc) is 3.36. The number of nitrogens with one attached hydrogen (secondary N) is 1. The molecule has 0 bridgehead atoms. The largest absolute Gasteiger partial charge is 0.442 e. The van der Waals surface area contributed by atoms with Crippen molar-refractivity contribution in [2.24, 2.45) is 0 Å². The molecule has 27 heavy (non-hydrogen) atoms. The van der Waals surface area contributed by atoms with Crippen molar-refractivity contribution in [2.75, 3.05) is 17.7 Å². The number of fused-ring (bicyclic) bond motifs is 1. The maximum absolute atomic E-state index is 9.10. The van der Waals surface area contributed by atoms with Crippen LogP contribution >= 0.6 is 0 Å². The van der Waals surface area contributed by atoms with Crippen LogP contribution in [0, 0.1) is 16.7 Å². The van der Waals surface area contributed by atoms with Gasteiger partial charge in [0.15, 0.2) is 12.2 Å². The van der Waals surface area contributed by atoms with E-state index in [9.17, 15) is 0 Å². The summed E-state index contributed by atoms with van der Waals surface area (Å²) in [4.78, 5) is 6.08. The predicted molar refractivity (Wildman–Crippen MR) is 104 cm³/mol. The fourth-order valence-electron chi connectivity index (χ4n) is 3.70. The van der Waals surface area contributed by atoms with Crippen molar-refractivity contribution in [2.45, 2.75) is 18.9 Å². The van der Waals surface area contributed by atoms with Crippen molar-refractivity contribution in [3.05, 3.63) is 77.0 Å². The molecule has 134 valence electrons. The number of aromatic nitrogens is 1. The van der Waals surface area contributed by atoms with Crippen LogP contribution in [-0.4, -0.2) is 17.7 Å². The fourth-order valence-corrected chi connectivity index (χ4v) is 3.70. The first-order valence-corrected chi connectivity index (χ1v) is 8.71. The van der Waals surface area contributed by atoms with Crippen LogP contribution in [0.2, 0.25) is 0 Å². The highest BCUT2D eigenvalue weighted by molar-refractivity contribution is 6.12. The standard InChI is InChI=1S/C21H19N5O/c1-26(19-7-3-14-8-13(10-22)2-5-16(14)19)15-4-6-18(23)17(9-15)21(24)20-11-25-12-27-20/h2,4-6,8-9,11-12,19,24H,3,7,23H2,1H3. The SMILES string of the molecule is CN(c1ccc(N)c(C(=N)c2cnco2)c1)C1CCc2cc(C#N)ccc21. The second-order valence-electron chi connectivity index (χ2n) is 6.70. The number of aryl methyl sites for hydroxylation is 1. The summed E-state index contributed by atoms with van der Waals surface area (Å²) in [6, 6.07) is 14.0. The van der Waals surface area contributed by atoms with Gasteiger partial charge in [-0.15, -0.1) is 0 Å². The number of hydrogen-bond donors (Lipinski definition) is 2. The van der Waals surface area contributed by atoms with Crippen LogP contribution in [0.5, 0.6) is 0 Å². The minimum atomic E-state index is 0.214. The molecule has 6 nitrogen and oxygen atoms in total. The van der Waals surface area contributed by atoms with E-state index in [2.05, 4.69) is 22.0 Å². The van der Waals surface area contributed by atoms with Crippen molar-refractivity contribution in [1.29, 1.82) is 10.7 Å². The van der Waals surface area contributed by atoms with Crippen LogP contribution in [0.25, 0.3) is 0 Å². The van der Waals surface area contributed by atoms with E-state index in [4.69, 9.17) is 20.8 Å². The van der Waals surface area contributed by atoms with E-state index < -0.39 is 0 Å². The molecular weight excluding hydrogens is 338 g/mol. The summed E-state index contributed by atoms with van der Waals surface area (Å²) in [6.07, 6.45) is 4.76. The van der Waals surface area contributed by atoms with Gasteiger partial charge in [-0.1, -0.05) is 6.07 Å². The number of oxazole rings is 1. The zero-order valence-corrected chi connectivity index (χ0v) is 14.9. The molecule has 0 radical (unpaired) electrons. The zero-order chi connectivity index (χ0) is 19.0. The lowest BCUT2D eigenvalue weighted by Gasteiger charge is -2.28. The third-order valence-electron chi connectivity index (χ3n) is 5.18. The average molecular weight is 357 g/mol. The molecule has 0 spiro atoms. The molecule has 0 fully saturated rings. The fraction of sp³-hybridized carbons (Fsp3) is 0.190. The summed E-state index contributed by atoms with van der Waals surface area (Å²) >= 11 is 0. The lowest BCUT2D eigenvalue weighted by Crippen LogP contribution is -2.22. The Morgan fingerprint density at radius 1 is 1.33 bits per heavy atom. The van der Waals surface area contributed by atoms with Gasteiger partial charge in [-0.2, -0.15) is 5.26 Å². The lowest BCUT2D eigenvalue weighted by molar-refractivity contribution is 0.548. The van der Waals surface area contributed by atoms with E-state index in [1.54, 1.807) is 0 Å². The highest BCUT2D eigenvalue weighted by atomic mass is 16.3. The molecule has 3 aromatic rings. The number of nitrogen functional groups attached to an aromatic ring is 1. The van der Waals surface area contributed by atoms with E-state index in [0.29, 0.717) is 22.6 Å². The quantitative estimate of drug-likeness (QED) is 0.548. The second kappa shape index (κ2) is 6.61. The Balaban J connectivity index is 1.66. The van der Waals surface area contributed by atoms with Gasteiger partial charge in [0.25, 0.3) is 0 Å². The van der Waals surface area contributed by atoms with E-state index in [1.807, 2.05) is 37.4 Å². The van der Waals surface area contributed by atoms with Gasteiger partial charge >= 0.3 is 0 Å². The van der Waals surface area contributed by atoms with Crippen LogP contribution in [0.4, 0.5) is 11.4 Å². The van der Waals surface area contributed by atoms with Crippen LogP contribution < -0.4 is 10.6 Å². The molecule has 1 aliphatic rings. The van der Waals surface area contributed by atoms with Gasteiger partial charge in [0.1, 0.15) is 5.71 Å². The zero-order valence-electron chi connectivity index (χ0n) is 14.9. The molecule has 1 aliphatic carbocycles. The van der Waals surface area contributed by atoms with Crippen molar-refractivity contribution in [3.8, 4) is 6.07 Å². The summed E-state index contributed by atoms with van der Waals surface area (Å²) in [7, 11) is 2.05. The monoisotopic (exact) mass is 357 g/mol. The third kappa shape index (κ3) is 2.93. The molecule has 0 saturated carbocycles. The minimum Gasteiger partial charge on any atom is -0.442 e. The molecule has 6 heteroatoms. The summed E-state index contributed by atoms with van der Waals surface area (Å²) in [5.41, 5.74) is 11.6. The molecule has 1 heterocycles. The molecule has 1 atom stereocenters. The Morgan fingerprint density at radius 2 is 2.19 bits per heavy atom. The minimum absolute atomic E-state index is 0.214. The Hall–Kier alpha value is -3.59. The van der Waals surface area contributed by atoms with Gasteiger partial charge in [-0.25, -0.2) is 4.98 Å². The molecule has 0 saturated heterocycles. The highest BCUT2D eigenvalue weighted by Crippen LogP contribution is 2.38. The van der Waals surface area contributed by atoms with Gasteiger partial charge in [0.2, 0.25) is 0 Å². The Labute approximate surface area is 157 Å². The number of benzene rings is 2. The normalized spacial score (nSPS) is 15.2. The molecular formula is C21H19N5O. The van der Waals surface area contributed by atoms with Gasteiger partial charge in [-0.05, 0) is 54.3 Å². The molecule has 1 aromatic heterocycles. The van der Waals surface area contributed by atoms with Crippen LogP contribution in [0.3, 0.4) is 0 Å². The first-order chi connectivity index (χ1) is 13.1. The number of nitrogens with zero attached hydrogens (tertiary/aromatic N) is 3. The first kappa shape index (κ1) is 16.9. The number of rotatable bonds is 4. The number of anilines is 2. The van der Waals surface area contributed by atoms with Gasteiger partial charge in [0, 0.05) is 24.0 Å². The Morgan fingerprint density at radius 3 is 2.93 bits per heavy atom. The van der Waals surface area contributed by atoms with Gasteiger partial charge < -0.3 is 15.1 Å². The second-order valence-corrected chi connectivity index (χ2v) is 6.70. The lowest BCUT2D eigenvalue weighted by atomic mass is 10.0. The summed E-state index contributed by atoms with van der Waals surface area (Å²) in [6.45, 7) is 0. The predicted octanol–water partition coefficient (Wildman–Crippen LogP) is 3.67. The van der Waals surface area contributed by atoms with E-state index in [0.717, 1.165) is 18.5 Å². The van der Waals surface area contributed by atoms with Gasteiger partial charge in [-0.3, -0.25) is 5.41 Å². The number of hydrogen-bond acceptors (Lipinski definition) is 6. The van der Waals surface area contributed by atoms with Crippen molar-refractivity contribution in [1.82, 2.24) is 4.98 Å². The summed E-state index contributed by atoms with van der Waals surface area (Å²) < 4.78 is 5.24. The smallest absolute Gasteiger partial charge is 0.181 e. The van der Waals surface area contributed by atoms with E-state index in [1.165, 1.54) is 23.7 Å². The maximum Gasteiger partial charge on any atom is 0.181 e. The number of nitrogens with two attached hydrogens (primary N) is 1. The first-order valence-electron chi connectivity index (χ1n) is 8.71. The highest BCUT2D eigenvalue weighted by Gasteiger charge is 2.27. The molecule has 4 rings (SSSR count). The van der Waals surface area contributed by atoms with E-state index in [-0.39, 0.29) is 11.8 Å². The maximum atomic E-state index is 9.10. The molecule has 0 aliphatic heterocycles. The van der Waals surface area contributed by atoms with Gasteiger partial charge in [0.05, 0.1) is 23.9 Å². The van der Waals surface area contributed by atoms with Crippen molar-refractivity contribution in [3.63, 3.8) is 0 Å². The van der Waals surface area contributed by atoms with E-state index >= 15 is 0 Å². The number of nitriles is 1. The van der Waals surface area contributed by atoms with Crippen molar-refractivity contribution < 1.29 is 4.42 Å². The van der Waals surface area contributed by atoms with Crippen LogP contribution in [0.15, 0.2) is 53.4 Å². The van der Waals surface area contributed by atoms with Crippen LogP contribution in [0.1, 0.15) is 40.5 Å². The Kier molecular flexibility index (Phi) is 4.13. The summed E-state index contributed by atoms with van der Waals surface area (Å²) in [5.74, 6) is 0.386. The summed E-state index contributed by atoms with van der Waals surface area (Å²) in [5, 5.41) is 17.5. The third-order valence-corrected chi connectivity index (χ3v) is 5.18.